The molecule has 0 unspecified atom stereocenters. The molecule has 3 heterocycles. The van der Waals surface area contributed by atoms with E-state index in [9.17, 15) is 0 Å². The summed E-state index contributed by atoms with van der Waals surface area (Å²) in [5, 5.41) is 0. The van der Waals surface area contributed by atoms with Crippen LogP contribution in [0.4, 0.5) is 62.6 Å². The number of hydrogen-bond acceptors (Lipinski definition) is 4. The van der Waals surface area contributed by atoms with Gasteiger partial charge in [-0.2, -0.15) is 0 Å². The van der Waals surface area contributed by atoms with Gasteiger partial charge in [0.1, 0.15) is 0 Å². The number of para-hydroxylation sites is 3. The van der Waals surface area contributed by atoms with Crippen LogP contribution in [0.15, 0.2) is 218 Å². The fourth-order valence-corrected chi connectivity index (χ4v) is 13.8. The van der Waals surface area contributed by atoms with Crippen LogP contribution in [-0.2, 0) is 28.1 Å². The second kappa shape index (κ2) is 20.7. The second-order valence-corrected chi connectivity index (χ2v) is 28.4. The molecule has 0 aliphatic carbocycles. The zero-order valence-electron chi connectivity index (χ0n) is 52.4. The van der Waals surface area contributed by atoms with Crippen molar-refractivity contribution in [2.24, 2.45) is 0 Å². The summed E-state index contributed by atoms with van der Waals surface area (Å²) in [5.41, 5.74) is 29.7. The van der Waals surface area contributed by atoms with Crippen LogP contribution in [0.5, 0.6) is 0 Å². The maximum Gasteiger partial charge on any atom is 0.291 e. The van der Waals surface area contributed by atoms with Gasteiger partial charge < -0.3 is 19.5 Å². The Morgan fingerprint density at radius 2 is 0.847 bits per heavy atom. The van der Waals surface area contributed by atoms with E-state index in [1.165, 1.54) is 106 Å². The third kappa shape index (κ3) is 9.86. The van der Waals surface area contributed by atoms with Gasteiger partial charge in [0.15, 0.2) is 0 Å². The maximum absolute atomic E-state index is 2.71. The van der Waals surface area contributed by atoms with Gasteiger partial charge in [-0.3, -0.25) is 0 Å². The molecule has 0 aromatic heterocycles. The Balaban J connectivity index is 1.17. The molecule has 10 aromatic rings. The number of anilines is 11. The molecule has 0 atom stereocenters. The summed E-state index contributed by atoms with van der Waals surface area (Å²) in [5.74, 6) is 0. The molecule has 4 nitrogen and oxygen atoms in total. The van der Waals surface area contributed by atoms with Gasteiger partial charge in [-0.15, -0.1) is 0 Å². The Labute approximate surface area is 508 Å². The molecule has 0 N–H and O–H groups in total. The van der Waals surface area contributed by atoms with Crippen molar-refractivity contribution in [3.63, 3.8) is 0 Å². The van der Waals surface area contributed by atoms with Crippen molar-refractivity contribution >= 4 is 98.0 Å². The molecule has 85 heavy (non-hydrogen) atoms. The molecule has 0 bridgehead atoms. The lowest BCUT2D eigenvalue weighted by molar-refractivity contribution is 0.590. The van der Waals surface area contributed by atoms with Crippen molar-refractivity contribution in [1.29, 1.82) is 0 Å². The van der Waals surface area contributed by atoms with Gasteiger partial charge in [0.2, 0.25) is 0 Å². The zero-order valence-corrected chi connectivity index (χ0v) is 52.4. The Morgan fingerprint density at radius 1 is 0.365 bits per heavy atom. The summed E-state index contributed by atoms with van der Waals surface area (Å²) < 4.78 is 0. The van der Waals surface area contributed by atoms with E-state index in [0.29, 0.717) is 0 Å². The minimum atomic E-state index is -0.147. The SMILES string of the molecule is CB1c2c(C)cc(C(C)(C)C)cc2-c2ccccc2N1c1cc2c(cc1Cc1ccccc1)N(c1ccc(C(C)(C)C)cc1)c1cc(N(c3ccccc3)c3ccccc3)cc3c1B2c1cc(C(C)(C)C)ccc1N3c1ccc(C(C)(C)C)cc1. The molecule has 0 spiro atoms. The molecule has 10 aromatic carbocycles. The number of rotatable bonds is 8. The molecule has 0 amide bonds. The van der Waals surface area contributed by atoms with Crippen LogP contribution in [-0.4, -0.2) is 13.6 Å². The largest absolute Gasteiger partial charge is 0.381 e. The van der Waals surface area contributed by atoms with E-state index in [-0.39, 0.29) is 35.2 Å². The first kappa shape index (κ1) is 55.7. The fourth-order valence-electron chi connectivity index (χ4n) is 13.8. The van der Waals surface area contributed by atoms with E-state index < -0.39 is 0 Å². The van der Waals surface area contributed by atoms with Crippen molar-refractivity contribution in [1.82, 2.24) is 0 Å². The van der Waals surface area contributed by atoms with Crippen LogP contribution in [0.1, 0.15) is 122 Å². The van der Waals surface area contributed by atoms with Crippen LogP contribution < -0.4 is 41.4 Å². The molecular weight excluding hydrogens is 1030 g/mol. The van der Waals surface area contributed by atoms with Crippen molar-refractivity contribution in [3.8, 4) is 11.1 Å². The minimum absolute atomic E-state index is 0.00127. The number of hydrogen-bond donors (Lipinski definition) is 0. The highest BCUT2D eigenvalue weighted by atomic mass is 15.2. The topological polar surface area (TPSA) is 13.0 Å². The summed E-state index contributed by atoms with van der Waals surface area (Å²) in [7, 11) is 0. The molecule has 422 valence electrons. The van der Waals surface area contributed by atoms with Gasteiger partial charge in [-0.1, -0.05) is 229 Å². The Hall–Kier alpha value is -8.47. The van der Waals surface area contributed by atoms with Crippen LogP contribution >= 0.6 is 0 Å². The van der Waals surface area contributed by atoms with Gasteiger partial charge in [-0.25, -0.2) is 0 Å². The number of nitrogens with zero attached hydrogens (tertiary/aromatic N) is 4. The minimum Gasteiger partial charge on any atom is -0.381 e. The molecule has 0 saturated carbocycles. The van der Waals surface area contributed by atoms with E-state index in [1.807, 2.05) is 0 Å². The van der Waals surface area contributed by atoms with Crippen LogP contribution in [0.3, 0.4) is 0 Å². The van der Waals surface area contributed by atoms with Crippen LogP contribution in [0.2, 0.25) is 6.82 Å². The normalized spacial score (nSPS) is 13.7. The summed E-state index contributed by atoms with van der Waals surface area (Å²) in [6.45, 7) is 32.6. The fraction of sp³-hybridized carbons (Fsp3) is 0.241. The standard InChI is InChI=1S/C79H80B2N4/c1-52-44-58(79(11,12)13)47-65-64-32-24-25-33-68(64)85(80(14)74(52)65)70-51-67-71(46-54(70)45-53-26-18-15-19-27-53)84(62-41-36-56(37-42-62)77(5,6)7)73-50-63(82(59-28-20-16-21-29-59)60-30-22-17-23-31-60)49-72-75(73)81(67)66-48-57(78(8,9)10)38-43-69(66)83(72)61-39-34-55(35-40-61)76(2,3)4/h15-44,46-51H,45H2,1-14H3. The molecular formula is C79H80B2N4. The van der Waals surface area contributed by atoms with Gasteiger partial charge in [0.25, 0.3) is 13.6 Å². The summed E-state index contributed by atoms with van der Waals surface area (Å²) >= 11 is 0. The van der Waals surface area contributed by atoms with Crippen LogP contribution in [0, 0.1) is 6.92 Å². The predicted octanol–water partition coefficient (Wildman–Crippen LogP) is 19.0. The summed E-state index contributed by atoms with van der Waals surface area (Å²) in [6, 6.07) is 83.7. The average Bonchev–Trinajstić information content (AvgIpc) is 0.727. The molecule has 3 aliphatic rings. The highest BCUT2D eigenvalue weighted by Crippen LogP contribution is 2.51. The molecule has 3 aliphatic heterocycles. The monoisotopic (exact) mass is 1110 g/mol. The van der Waals surface area contributed by atoms with Crippen molar-refractivity contribution in [2.75, 3.05) is 19.5 Å². The number of benzene rings is 10. The molecule has 0 fully saturated rings. The smallest absolute Gasteiger partial charge is 0.291 e. The number of aryl methyl sites for hydroxylation is 1. The summed E-state index contributed by atoms with van der Waals surface area (Å²) in [4.78, 5) is 10.4. The molecule has 0 radical (unpaired) electrons. The Morgan fingerprint density at radius 3 is 1.39 bits per heavy atom. The Kier molecular flexibility index (Phi) is 13.5. The van der Waals surface area contributed by atoms with E-state index in [0.717, 1.165) is 34.9 Å². The van der Waals surface area contributed by atoms with E-state index in [2.05, 4.69) is 335 Å². The molecule has 6 heteroatoms. The van der Waals surface area contributed by atoms with E-state index >= 15 is 0 Å². The zero-order chi connectivity index (χ0) is 59.5. The van der Waals surface area contributed by atoms with E-state index in [4.69, 9.17) is 0 Å². The lowest BCUT2D eigenvalue weighted by Gasteiger charge is -2.46. The van der Waals surface area contributed by atoms with Crippen molar-refractivity contribution < 1.29 is 0 Å². The predicted molar refractivity (Wildman–Crippen MR) is 369 cm³/mol. The van der Waals surface area contributed by atoms with Gasteiger partial charge in [-0.05, 0) is 181 Å². The van der Waals surface area contributed by atoms with Gasteiger partial charge in [0, 0.05) is 62.4 Å². The van der Waals surface area contributed by atoms with E-state index in [1.54, 1.807) is 0 Å². The van der Waals surface area contributed by atoms with Gasteiger partial charge in [0.05, 0.1) is 5.69 Å². The average molecular weight is 1110 g/mol. The van der Waals surface area contributed by atoms with Crippen molar-refractivity contribution in [2.45, 2.75) is 125 Å². The maximum atomic E-state index is 2.71. The van der Waals surface area contributed by atoms with Crippen molar-refractivity contribution in [3.05, 3.63) is 257 Å². The first-order valence-corrected chi connectivity index (χ1v) is 30.8. The quantitative estimate of drug-likeness (QED) is 0.141. The van der Waals surface area contributed by atoms with Gasteiger partial charge >= 0.3 is 0 Å². The third-order valence-electron chi connectivity index (χ3n) is 18.4. The van der Waals surface area contributed by atoms with Crippen LogP contribution in [0.25, 0.3) is 11.1 Å². The first-order valence-electron chi connectivity index (χ1n) is 30.8. The highest BCUT2D eigenvalue weighted by molar-refractivity contribution is 7.00. The first-order chi connectivity index (χ1) is 40.5. The second-order valence-electron chi connectivity index (χ2n) is 28.4. The Bertz CT molecular complexity index is 4120. The lowest BCUT2D eigenvalue weighted by atomic mass is 9.33. The highest BCUT2D eigenvalue weighted by Gasteiger charge is 2.46. The molecule has 13 rings (SSSR count). The number of fused-ring (bicyclic) bond motifs is 7. The molecule has 0 saturated heterocycles. The lowest BCUT2D eigenvalue weighted by Crippen LogP contribution is -2.62. The summed E-state index contributed by atoms with van der Waals surface area (Å²) in [6.07, 6.45) is 0.752. The third-order valence-corrected chi connectivity index (χ3v) is 18.4.